The average Bonchev–Trinajstić information content (AvgIpc) is 3.20. The molecule has 3 aliphatic rings. The highest BCUT2D eigenvalue weighted by Crippen LogP contribution is 2.34. The third-order valence-corrected chi connectivity index (χ3v) is 5.53. The van der Waals surface area contributed by atoms with E-state index in [2.05, 4.69) is 9.55 Å². The molecule has 3 heterocycles. The minimum atomic E-state index is -0.118. The van der Waals surface area contributed by atoms with Gasteiger partial charge in [-0.25, -0.2) is 4.98 Å². The SMILES string of the molecule is Cn1ccnc1C1CCN(C(=O)[C@@H]2CC(=O)N(C3CC3)C2)CC1. The quantitative estimate of drug-likeness (QED) is 0.840. The van der Waals surface area contributed by atoms with Crippen LogP contribution in [0.1, 0.15) is 43.8 Å². The number of imidazole rings is 1. The molecule has 1 atom stereocenters. The summed E-state index contributed by atoms with van der Waals surface area (Å²) in [6.45, 7) is 2.20. The van der Waals surface area contributed by atoms with Gasteiger partial charge in [-0.3, -0.25) is 9.59 Å². The van der Waals surface area contributed by atoms with E-state index in [0.29, 0.717) is 24.9 Å². The predicted molar refractivity (Wildman–Crippen MR) is 84.6 cm³/mol. The summed E-state index contributed by atoms with van der Waals surface area (Å²) in [4.78, 5) is 33.1. The van der Waals surface area contributed by atoms with Gasteiger partial charge in [0.25, 0.3) is 0 Å². The zero-order valence-electron chi connectivity index (χ0n) is 13.6. The monoisotopic (exact) mass is 316 g/mol. The molecule has 0 N–H and O–H groups in total. The first-order valence-corrected chi connectivity index (χ1v) is 8.69. The van der Waals surface area contributed by atoms with Crippen LogP contribution in [0.25, 0.3) is 0 Å². The normalized spacial score (nSPS) is 26.1. The van der Waals surface area contributed by atoms with Crippen molar-refractivity contribution >= 4 is 11.8 Å². The molecule has 4 rings (SSSR count). The number of nitrogens with zero attached hydrogens (tertiary/aromatic N) is 4. The number of amides is 2. The van der Waals surface area contributed by atoms with E-state index < -0.39 is 0 Å². The molecule has 0 aromatic carbocycles. The molecule has 0 unspecified atom stereocenters. The third kappa shape index (κ3) is 2.75. The summed E-state index contributed by atoms with van der Waals surface area (Å²) in [7, 11) is 2.02. The Bertz CT molecular complexity index is 614. The van der Waals surface area contributed by atoms with E-state index in [1.165, 1.54) is 0 Å². The van der Waals surface area contributed by atoms with E-state index in [9.17, 15) is 9.59 Å². The van der Waals surface area contributed by atoms with Crippen LogP contribution in [0.2, 0.25) is 0 Å². The van der Waals surface area contributed by atoms with Crippen LogP contribution in [-0.4, -0.2) is 56.8 Å². The Morgan fingerprint density at radius 3 is 2.57 bits per heavy atom. The topological polar surface area (TPSA) is 58.4 Å². The van der Waals surface area contributed by atoms with Gasteiger partial charge in [-0.15, -0.1) is 0 Å². The van der Waals surface area contributed by atoms with Crippen molar-refractivity contribution < 1.29 is 9.59 Å². The van der Waals surface area contributed by atoms with E-state index in [4.69, 9.17) is 0 Å². The highest BCUT2D eigenvalue weighted by molar-refractivity contribution is 5.89. The minimum Gasteiger partial charge on any atom is -0.342 e. The van der Waals surface area contributed by atoms with Gasteiger partial charge in [-0.2, -0.15) is 0 Å². The minimum absolute atomic E-state index is 0.118. The molecule has 1 aromatic rings. The van der Waals surface area contributed by atoms with Gasteiger partial charge in [0.1, 0.15) is 5.82 Å². The Morgan fingerprint density at radius 1 is 1.22 bits per heavy atom. The molecule has 124 valence electrons. The van der Waals surface area contributed by atoms with Crippen LogP contribution in [0, 0.1) is 5.92 Å². The van der Waals surface area contributed by atoms with Crippen LogP contribution in [-0.2, 0) is 16.6 Å². The first-order valence-electron chi connectivity index (χ1n) is 8.69. The number of aromatic nitrogens is 2. The van der Waals surface area contributed by atoms with Crippen molar-refractivity contribution in [3.63, 3.8) is 0 Å². The molecule has 0 bridgehead atoms. The number of carbonyl (C=O) groups excluding carboxylic acids is 2. The lowest BCUT2D eigenvalue weighted by molar-refractivity contribution is -0.136. The summed E-state index contributed by atoms with van der Waals surface area (Å²) in [5.74, 6) is 1.79. The lowest BCUT2D eigenvalue weighted by atomic mass is 9.94. The van der Waals surface area contributed by atoms with Gasteiger partial charge >= 0.3 is 0 Å². The fraction of sp³-hybridized carbons (Fsp3) is 0.706. The number of aryl methyl sites for hydroxylation is 1. The molecule has 0 radical (unpaired) electrons. The first kappa shape index (κ1) is 14.7. The van der Waals surface area contributed by atoms with Crippen molar-refractivity contribution in [3.8, 4) is 0 Å². The summed E-state index contributed by atoms with van der Waals surface area (Å²) in [6, 6.07) is 0.425. The van der Waals surface area contributed by atoms with Gasteiger partial charge < -0.3 is 14.4 Å². The number of carbonyl (C=O) groups is 2. The second-order valence-electron chi connectivity index (χ2n) is 7.17. The number of piperidine rings is 1. The molecule has 2 amide bonds. The number of rotatable bonds is 3. The zero-order valence-corrected chi connectivity index (χ0v) is 13.6. The van der Waals surface area contributed by atoms with E-state index in [1.807, 2.05) is 29.2 Å². The lowest BCUT2D eigenvalue weighted by Crippen LogP contribution is -2.42. The van der Waals surface area contributed by atoms with Crippen molar-refractivity contribution in [2.24, 2.45) is 13.0 Å². The molecule has 6 nitrogen and oxygen atoms in total. The maximum atomic E-state index is 12.7. The average molecular weight is 316 g/mol. The summed E-state index contributed by atoms with van der Waals surface area (Å²) < 4.78 is 2.07. The van der Waals surface area contributed by atoms with Crippen molar-refractivity contribution in [3.05, 3.63) is 18.2 Å². The lowest BCUT2D eigenvalue weighted by Gasteiger charge is -2.33. The molecule has 23 heavy (non-hydrogen) atoms. The number of likely N-dealkylation sites (tertiary alicyclic amines) is 2. The Balaban J connectivity index is 1.34. The molecular weight excluding hydrogens is 292 g/mol. The van der Waals surface area contributed by atoms with Crippen LogP contribution < -0.4 is 0 Å². The Hall–Kier alpha value is -1.85. The molecule has 1 aromatic heterocycles. The van der Waals surface area contributed by atoms with E-state index in [1.54, 1.807) is 0 Å². The van der Waals surface area contributed by atoms with Crippen molar-refractivity contribution in [2.45, 2.75) is 44.1 Å². The second-order valence-corrected chi connectivity index (χ2v) is 7.17. The molecule has 6 heteroatoms. The summed E-state index contributed by atoms with van der Waals surface area (Å²) in [5.41, 5.74) is 0. The van der Waals surface area contributed by atoms with Crippen molar-refractivity contribution in [1.29, 1.82) is 0 Å². The highest BCUT2D eigenvalue weighted by atomic mass is 16.2. The number of hydrogen-bond donors (Lipinski definition) is 0. The van der Waals surface area contributed by atoms with Gasteiger partial charge in [-0.1, -0.05) is 0 Å². The van der Waals surface area contributed by atoms with E-state index in [-0.39, 0.29) is 17.7 Å². The summed E-state index contributed by atoms with van der Waals surface area (Å²) >= 11 is 0. The van der Waals surface area contributed by atoms with Crippen LogP contribution in [0.4, 0.5) is 0 Å². The van der Waals surface area contributed by atoms with Crippen LogP contribution in [0.15, 0.2) is 12.4 Å². The number of hydrogen-bond acceptors (Lipinski definition) is 3. The molecule has 2 saturated heterocycles. The Labute approximate surface area is 136 Å². The van der Waals surface area contributed by atoms with Gasteiger partial charge in [0, 0.05) is 57.5 Å². The van der Waals surface area contributed by atoms with Gasteiger partial charge in [0.05, 0.1) is 5.92 Å². The van der Waals surface area contributed by atoms with Gasteiger partial charge in [0.2, 0.25) is 11.8 Å². The fourth-order valence-corrected chi connectivity index (χ4v) is 4.02. The molecular formula is C17H24N4O2. The molecule has 0 spiro atoms. The van der Waals surface area contributed by atoms with Crippen molar-refractivity contribution in [1.82, 2.24) is 19.4 Å². The first-order chi connectivity index (χ1) is 11.1. The van der Waals surface area contributed by atoms with Crippen LogP contribution >= 0.6 is 0 Å². The maximum Gasteiger partial charge on any atom is 0.227 e. The highest BCUT2D eigenvalue weighted by Gasteiger charge is 2.43. The third-order valence-electron chi connectivity index (χ3n) is 5.53. The van der Waals surface area contributed by atoms with Crippen LogP contribution in [0.3, 0.4) is 0 Å². The fourth-order valence-electron chi connectivity index (χ4n) is 4.02. The summed E-state index contributed by atoms with van der Waals surface area (Å²) in [6.07, 6.45) is 8.37. The maximum absolute atomic E-state index is 12.7. The smallest absolute Gasteiger partial charge is 0.227 e. The molecule has 3 fully saturated rings. The van der Waals surface area contributed by atoms with Gasteiger partial charge in [0.15, 0.2) is 0 Å². The zero-order chi connectivity index (χ0) is 16.0. The Kier molecular flexibility index (Phi) is 3.62. The standard InChI is InChI=1S/C17H24N4O2/c1-19-9-6-18-16(19)12-4-7-20(8-5-12)17(23)13-10-15(22)21(11-13)14-2-3-14/h6,9,12-14H,2-5,7-8,10-11H2,1H3/t13-/m1/s1. The van der Waals surface area contributed by atoms with E-state index >= 15 is 0 Å². The largest absolute Gasteiger partial charge is 0.342 e. The summed E-state index contributed by atoms with van der Waals surface area (Å²) in [5, 5.41) is 0. The van der Waals surface area contributed by atoms with Gasteiger partial charge in [-0.05, 0) is 25.7 Å². The van der Waals surface area contributed by atoms with Crippen LogP contribution in [0.5, 0.6) is 0 Å². The Morgan fingerprint density at radius 2 is 1.96 bits per heavy atom. The van der Waals surface area contributed by atoms with E-state index in [0.717, 1.165) is 44.6 Å². The molecule has 1 saturated carbocycles. The molecule has 2 aliphatic heterocycles. The van der Waals surface area contributed by atoms with Crippen molar-refractivity contribution in [2.75, 3.05) is 19.6 Å². The predicted octanol–water partition coefficient (Wildman–Crippen LogP) is 1.14. The molecule has 1 aliphatic carbocycles. The second kappa shape index (κ2) is 5.65.